The summed E-state index contributed by atoms with van der Waals surface area (Å²) in [6.45, 7) is 9.78. The van der Waals surface area contributed by atoms with Gasteiger partial charge in [0.25, 0.3) is 5.56 Å². The molecular weight excluding hydrogens is 409 g/mol. The largest absolute Gasteiger partial charge is 0.349 e. The van der Waals surface area contributed by atoms with Gasteiger partial charge in [0.05, 0.1) is 17.2 Å². The molecule has 5 nitrogen and oxygen atoms in total. The van der Waals surface area contributed by atoms with E-state index in [1.54, 1.807) is 22.8 Å². The molecule has 0 saturated carbocycles. The molecule has 3 aromatic rings. The highest BCUT2D eigenvalue weighted by Gasteiger charge is 2.17. The zero-order chi connectivity index (χ0) is 21.1. The molecule has 1 N–H and O–H groups in total. The van der Waals surface area contributed by atoms with E-state index in [-0.39, 0.29) is 29.1 Å². The summed E-state index contributed by atoms with van der Waals surface area (Å²) in [5, 5.41) is 4.01. The SMILES string of the molecule is C=CCn1c(SCC(=O)N[C@H](C)c2ccc(F)cc2)nc2sc(C)c(C)c2c1=O. The predicted molar refractivity (Wildman–Crippen MR) is 117 cm³/mol. The zero-order valence-electron chi connectivity index (χ0n) is 16.5. The number of benzene rings is 1. The smallest absolute Gasteiger partial charge is 0.263 e. The van der Waals surface area contributed by atoms with E-state index in [4.69, 9.17) is 0 Å². The van der Waals surface area contributed by atoms with Crippen LogP contribution in [0.1, 0.15) is 29.0 Å². The number of thioether (sulfide) groups is 1. The lowest BCUT2D eigenvalue weighted by atomic mass is 10.1. The van der Waals surface area contributed by atoms with Crippen LogP contribution in [-0.4, -0.2) is 21.2 Å². The molecule has 29 heavy (non-hydrogen) atoms. The minimum absolute atomic E-state index is 0.112. The monoisotopic (exact) mass is 431 g/mol. The highest BCUT2D eigenvalue weighted by atomic mass is 32.2. The fourth-order valence-corrected chi connectivity index (χ4v) is 4.85. The molecule has 0 aliphatic rings. The molecule has 1 atom stereocenters. The van der Waals surface area contributed by atoms with Crippen molar-refractivity contribution in [1.82, 2.24) is 14.9 Å². The lowest BCUT2D eigenvalue weighted by Gasteiger charge is -2.15. The topological polar surface area (TPSA) is 64.0 Å². The van der Waals surface area contributed by atoms with E-state index in [0.29, 0.717) is 21.9 Å². The Hall–Kier alpha value is -2.45. The Bertz CT molecular complexity index is 1120. The number of allylic oxidation sites excluding steroid dienone is 1. The first-order valence-corrected chi connectivity index (χ1v) is 10.9. The van der Waals surface area contributed by atoms with Crippen molar-refractivity contribution in [3.8, 4) is 0 Å². The number of amides is 1. The predicted octanol–water partition coefficient (Wildman–Crippen LogP) is 4.37. The van der Waals surface area contributed by atoms with E-state index in [9.17, 15) is 14.0 Å². The fraction of sp³-hybridized carbons (Fsp3) is 0.286. The number of fused-ring (bicyclic) bond motifs is 1. The first kappa shape index (κ1) is 21.3. The lowest BCUT2D eigenvalue weighted by Crippen LogP contribution is -2.29. The highest BCUT2D eigenvalue weighted by Crippen LogP contribution is 2.28. The maximum absolute atomic E-state index is 13.1. The van der Waals surface area contributed by atoms with Crippen molar-refractivity contribution >= 4 is 39.2 Å². The first-order valence-electron chi connectivity index (χ1n) is 9.11. The van der Waals surface area contributed by atoms with Gasteiger partial charge in [0.15, 0.2) is 5.16 Å². The second-order valence-electron chi connectivity index (χ2n) is 6.69. The second kappa shape index (κ2) is 8.92. The van der Waals surface area contributed by atoms with Crippen molar-refractivity contribution in [2.24, 2.45) is 0 Å². The molecule has 3 rings (SSSR count). The van der Waals surface area contributed by atoms with E-state index < -0.39 is 0 Å². The molecule has 2 heterocycles. The molecule has 1 aromatic carbocycles. The number of thiophene rings is 1. The van der Waals surface area contributed by atoms with Crippen molar-refractivity contribution in [1.29, 1.82) is 0 Å². The van der Waals surface area contributed by atoms with Gasteiger partial charge in [0.2, 0.25) is 5.91 Å². The van der Waals surface area contributed by atoms with E-state index in [2.05, 4.69) is 16.9 Å². The minimum Gasteiger partial charge on any atom is -0.349 e. The van der Waals surface area contributed by atoms with Crippen LogP contribution in [-0.2, 0) is 11.3 Å². The molecule has 0 unspecified atom stereocenters. The van der Waals surface area contributed by atoms with Crippen LogP contribution in [0.25, 0.3) is 10.2 Å². The van der Waals surface area contributed by atoms with Gasteiger partial charge in [0.1, 0.15) is 10.6 Å². The summed E-state index contributed by atoms with van der Waals surface area (Å²) >= 11 is 2.70. The normalized spacial score (nSPS) is 12.1. The molecule has 0 aliphatic carbocycles. The summed E-state index contributed by atoms with van der Waals surface area (Å²) in [5.74, 6) is -0.391. The van der Waals surface area contributed by atoms with Crippen molar-refractivity contribution in [2.75, 3.05) is 5.75 Å². The van der Waals surface area contributed by atoms with Crippen LogP contribution in [0, 0.1) is 19.7 Å². The van der Waals surface area contributed by atoms with Gasteiger partial charge in [-0.15, -0.1) is 17.9 Å². The third-order valence-electron chi connectivity index (χ3n) is 4.65. The maximum atomic E-state index is 13.1. The van der Waals surface area contributed by atoms with E-state index in [1.165, 1.54) is 35.2 Å². The number of hydrogen-bond donors (Lipinski definition) is 1. The number of hydrogen-bond acceptors (Lipinski definition) is 5. The van der Waals surface area contributed by atoms with Crippen LogP contribution in [0.3, 0.4) is 0 Å². The van der Waals surface area contributed by atoms with Crippen LogP contribution < -0.4 is 10.9 Å². The van der Waals surface area contributed by atoms with Crippen molar-refractivity contribution in [3.63, 3.8) is 0 Å². The molecular formula is C21H22FN3O2S2. The number of aromatic nitrogens is 2. The van der Waals surface area contributed by atoms with Crippen LogP contribution in [0.4, 0.5) is 4.39 Å². The summed E-state index contributed by atoms with van der Waals surface area (Å²) in [5.41, 5.74) is 1.65. The summed E-state index contributed by atoms with van der Waals surface area (Å²) in [4.78, 5) is 31.7. The van der Waals surface area contributed by atoms with Crippen LogP contribution >= 0.6 is 23.1 Å². The number of rotatable bonds is 7. The van der Waals surface area contributed by atoms with E-state index >= 15 is 0 Å². The molecule has 1 amide bonds. The molecule has 0 spiro atoms. The first-order chi connectivity index (χ1) is 13.8. The molecule has 8 heteroatoms. The average molecular weight is 432 g/mol. The van der Waals surface area contributed by atoms with E-state index in [0.717, 1.165) is 16.0 Å². The number of carbonyl (C=O) groups is 1. The van der Waals surface area contributed by atoms with Crippen LogP contribution in [0.2, 0.25) is 0 Å². The molecule has 0 bridgehead atoms. The van der Waals surface area contributed by atoms with Gasteiger partial charge in [-0.25, -0.2) is 9.37 Å². The van der Waals surface area contributed by atoms with Gasteiger partial charge < -0.3 is 5.32 Å². The third-order valence-corrected chi connectivity index (χ3v) is 6.72. The number of carbonyl (C=O) groups excluding carboxylic acids is 1. The van der Waals surface area contributed by atoms with Gasteiger partial charge in [-0.3, -0.25) is 14.2 Å². The number of aryl methyl sites for hydroxylation is 2. The Labute approximate surface area is 176 Å². The van der Waals surface area contributed by atoms with Gasteiger partial charge in [-0.2, -0.15) is 0 Å². The number of nitrogens with zero attached hydrogens (tertiary/aromatic N) is 2. The summed E-state index contributed by atoms with van der Waals surface area (Å²) < 4.78 is 14.6. The van der Waals surface area contributed by atoms with E-state index in [1.807, 2.05) is 20.8 Å². The van der Waals surface area contributed by atoms with Crippen molar-refractivity contribution in [2.45, 2.75) is 38.5 Å². The average Bonchev–Trinajstić information content (AvgIpc) is 2.97. The Morgan fingerprint density at radius 2 is 2.07 bits per heavy atom. The second-order valence-corrected chi connectivity index (χ2v) is 8.84. The fourth-order valence-electron chi connectivity index (χ4n) is 2.96. The Morgan fingerprint density at radius 1 is 1.38 bits per heavy atom. The van der Waals surface area contributed by atoms with Gasteiger partial charge in [0, 0.05) is 11.4 Å². The molecule has 152 valence electrons. The zero-order valence-corrected chi connectivity index (χ0v) is 18.1. The summed E-state index contributed by atoms with van der Waals surface area (Å²) in [7, 11) is 0. The molecule has 0 aliphatic heterocycles. The maximum Gasteiger partial charge on any atom is 0.263 e. The number of nitrogens with one attached hydrogen (secondary N) is 1. The summed E-state index contributed by atoms with van der Waals surface area (Å²) in [6.07, 6.45) is 1.64. The quantitative estimate of drug-likeness (QED) is 0.343. The van der Waals surface area contributed by atoms with Gasteiger partial charge in [-0.05, 0) is 44.0 Å². The van der Waals surface area contributed by atoms with Crippen LogP contribution in [0.5, 0.6) is 0 Å². The van der Waals surface area contributed by atoms with Crippen molar-refractivity contribution < 1.29 is 9.18 Å². The third kappa shape index (κ3) is 4.59. The highest BCUT2D eigenvalue weighted by molar-refractivity contribution is 7.99. The Balaban J connectivity index is 1.78. The lowest BCUT2D eigenvalue weighted by molar-refractivity contribution is -0.119. The van der Waals surface area contributed by atoms with Crippen LogP contribution in [0.15, 0.2) is 46.9 Å². The number of halogens is 1. The standard InChI is InChI=1S/C21H22FN3O2S2/c1-5-10-25-20(27)18-12(2)14(4)29-19(18)24-21(25)28-11-17(26)23-13(3)15-6-8-16(22)9-7-15/h5-9,13H,1,10-11H2,2-4H3,(H,23,26)/t13-/m1/s1. The minimum atomic E-state index is -0.316. The van der Waals surface area contributed by atoms with Crippen molar-refractivity contribution in [3.05, 3.63) is 69.1 Å². The molecule has 2 aromatic heterocycles. The molecule has 0 radical (unpaired) electrons. The van der Waals surface area contributed by atoms with Gasteiger partial charge >= 0.3 is 0 Å². The Kier molecular flexibility index (Phi) is 6.54. The molecule has 0 fully saturated rings. The Morgan fingerprint density at radius 3 is 2.72 bits per heavy atom. The van der Waals surface area contributed by atoms with Gasteiger partial charge in [-0.1, -0.05) is 30.0 Å². The molecule has 0 saturated heterocycles. The summed E-state index contributed by atoms with van der Waals surface area (Å²) in [6, 6.07) is 5.77.